The van der Waals surface area contributed by atoms with Crippen LogP contribution in [0.3, 0.4) is 0 Å². The molecule has 1 amide bonds. The van der Waals surface area contributed by atoms with Gasteiger partial charge in [0.2, 0.25) is 0 Å². The van der Waals surface area contributed by atoms with Gasteiger partial charge in [-0.3, -0.25) is 19.8 Å². The summed E-state index contributed by atoms with van der Waals surface area (Å²) in [6, 6.07) is 11.4. The second-order valence-electron chi connectivity index (χ2n) is 6.71. The van der Waals surface area contributed by atoms with Gasteiger partial charge in [0, 0.05) is 12.3 Å². The number of hydrogen-bond donors (Lipinski definition) is 0. The molecule has 3 aromatic rings. The molecule has 34 heavy (non-hydrogen) atoms. The van der Waals surface area contributed by atoms with Crippen LogP contribution in [0.5, 0.6) is 17.4 Å². The molecule has 0 unspecified atom stereocenters. The summed E-state index contributed by atoms with van der Waals surface area (Å²) in [6.45, 7) is 0. The lowest BCUT2D eigenvalue weighted by Crippen LogP contribution is -2.27. The van der Waals surface area contributed by atoms with E-state index in [2.05, 4.69) is 4.98 Å². The average Bonchev–Trinajstić information content (AvgIpc) is 3.09. The molecule has 8 nitrogen and oxygen atoms in total. The summed E-state index contributed by atoms with van der Waals surface area (Å²) in [5, 5.41) is 11.1. The Labute approximate surface area is 207 Å². The van der Waals surface area contributed by atoms with Gasteiger partial charge in [0.25, 0.3) is 11.8 Å². The molecule has 2 heterocycles. The molecule has 1 aliphatic rings. The fraction of sp³-hybridized carbons (Fsp3) is 0.0455. The highest BCUT2D eigenvalue weighted by Crippen LogP contribution is 2.39. The molecule has 0 saturated carbocycles. The van der Waals surface area contributed by atoms with Crippen LogP contribution in [-0.4, -0.2) is 27.2 Å². The Bertz CT molecular complexity index is 1370. The Morgan fingerprint density at radius 1 is 1.24 bits per heavy atom. The molecule has 4 rings (SSSR count). The van der Waals surface area contributed by atoms with E-state index in [-0.39, 0.29) is 38.3 Å². The van der Waals surface area contributed by atoms with Crippen LogP contribution in [0.4, 0.5) is 15.8 Å². The van der Waals surface area contributed by atoms with Gasteiger partial charge in [-0.05, 0) is 48.0 Å². The first-order valence-electron chi connectivity index (χ1n) is 9.47. The maximum absolute atomic E-state index is 13.5. The van der Waals surface area contributed by atoms with E-state index in [4.69, 9.17) is 33.3 Å². The number of amides is 1. The van der Waals surface area contributed by atoms with Gasteiger partial charge >= 0.3 is 5.69 Å². The minimum atomic E-state index is -0.600. The van der Waals surface area contributed by atoms with Gasteiger partial charge < -0.3 is 9.47 Å². The lowest BCUT2D eigenvalue weighted by molar-refractivity contribution is -0.386. The SMILES string of the molecule is COc1cc(/C=C2\SC(=S)N(c3ccc(F)c(Cl)c3)C2=O)ccc1Oc1ncccc1[N+](=O)[O-]. The number of benzene rings is 2. The number of nitro groups is 1. The van der Waals surface area contributed by atoms with E-state index in [0.29, 0.717) is 16.2 Å². The molecule has 0 radical (unpaired) electrons. The highest BCUT2D eigenvalue weighted by Gasteiger charge is 2.33. The molecule has 1 aliphatic heterocycles. The normalized spacial score (nSPS) is 14.6. The zero-order valence-electron chi connectivity index (χ0n) is 17.2. The molecular weight excluding hydrogens is 505 g/mol. The van der Waals surface area contributed by atoms with Crippen molar-refractivity contribution in [2.75, 3.05) is 12.0 Å². The lowest BCUT2D eigenvalue weighted by atomic mass is 10.1. The Balaban J connectivity index is 1.61. The number of carbonyl (C=O) groups is 1. The highest BCUT2D eigenvalue weighted by atomic mass is 35.5. The predicted molar refractivity (Wildman–Crippen MR) is 131 cm³/mol. The zero-order valence-corrected chi connectivity index (χ0v) is 19.6. The third-order valence-corrected chi connectivity index (χ3v) is 6.19. The highest BCUT2D eigenvalue weighted by molar-refractivity contribution is 8.27. The predicted octanol–water partition coefficient (Wildman–Crippen LogP) is 5.99. The number of thioether (sulfide) groups is 1. The van der Waals surface area contributed by atoms with Crippen molar-refractivity contribution in [1.29, 1.82) is 0 Å². The number of methoxy groups -OCH3 is 1. The molecule has 1 saturated heterocycles. The Hall–Kier alpha value is -3.54. The quantitative estimate of drug-likeness (QED) is 0.170. The summed E-state index contributed by atoms with van der Waals surface area (Å²) in [5.41, 5.74) is 0.658. The standard InChI is InChI=1S/C22H13ClFN3O5S2/c1-31-18-9-12(4-7-17(18)32-20-16(27(29)30)3-2-8-25-20)10-19-21(28)26(22(33)34-19)13-5-6-15(24)14(23)11-13/h2-11H,1H3/b19-10-. The number of aromatic nitrogens is 1. The van der Waals surface area contributed by atoms with E-state index in [9.17, 15) is 19.3 Å². The van der Waals surface area contributed by atoms with E-state index in [1.807, 2.05) is 0 Å². The Morgan fingerprint density at radius 3 is 2.74 bits per heavy atom. The number of rotatable bonds is 6. The van der Waals surface area contributed by atoms with Crippen molar-refractivity contribution in [2.45, 2.75) is 0 Å². The fourth-order valence-corrected chi connectivity index (χ4v) is 4.50. The van der Waals surface area contributed by atoms with E-state index in [1.165, 1.54) is 42.5 Å². The molecule has 12 heteroatoms. The van der Waals surface area contributed by atoms with Crippen molar-refractivity contribution < 1.29 is 23.6 Å². The van der Waals surface area contributed by atoms with Gasteiger partial charge in [0.15, 0.2) is 15.8 Å². The molecule has 0 aliphatic carbocycles. The maximum Gasteiger partial charge on any atom is 0.331 e. The molecule has 0 N–H and O–H groups in total. The van der Waals surface area contributed by atoms with E-state index >= 15 is 0 Å². The van der Waals surface area contributed by atoms with Crippen molar-refractivity contribution in [3.63, 3.8) is 0 Å². The fourth-order valence-electron chi connectivity index (χ4n) is 3.03. The number of ether oxygens (including phenoxy) is 2. The van der Waals surface area contributed by atoms with Crippen LogP contribution in [0.1, 0.15) is 5.56 Å². The van der Waals surface area contributed by atoms with E-state index in [0.717, 1.165) is 17.8 Å². The lowest BCUT2D eigenvalue weighted by Gasteiger charge is -2.14. The second-order valence-corrected chi connectivity index (χ2v) is 8.80. The van der Waals surface area contributed by atoms with Crippen molar-refractivity contribution in [3.8, 4) is 17.4 Å². The number of thiocarbonyl (C=S) groups is 1. The van der Waals surface area contributed by atoms with Crippen LogP contribution in [0.15, 0.2) is 59.6 Å². The molecular formula is C22H13ClFN3O5S2. The largest absolute Gasteiger partial charge is 0.493 e. The van der Waals surface area contributed by atoms with Crippen molar-refractivity contribution in [1.82, 2.24) is 4.98 Å². The third-order valence-electron chi connectivity index (χ3n) is 4.59. The molecule has 0 bridgehead atoms. The summed E-state index contributed by atoms with van der Waals surface area (Å²) < 4.78 is 24.7. The number of carbonyl (C=O) groups excluding carboxylic acids is 1. The smallest absolute Gasteiger partial charge is 0.331 e. The zero-order chi connectivity index (χ0) is 24.4. The topological polar surface area (TPSA) is 94.8 Å². The second kappa shape index (κ2) is 9.75. The van der Waals surface area contributed by atoms with Gasteiger partial charge in [-0.25, -0.2) is 9.37 Å². The average molecular weight is 518 g/mol. The number of pyridine rings is 1. The van der Waals surface area contributed by atoms with Crippen molar-refractivity contribution in [3.05, 3.63) is 86.2 Å². The molecule has 0 spiro atoms. The van der Waals surface area contributed by atoms with Gasteiger partial charge in [-0.15, -0.1) is 0 Å². The minimum Gasteiger partial charge on any atom is -0.493 e. The van der Waals surface area contributed by atoms with Gasteiger partial charge in [0.05, 0.1) is 27.6 Å². The monoisotopic (exact) mass is 517 g/mol. The first-order valence-corrected chi connectivity index (χ1v) is 11.1. The van der Waals surface area contributed by atoms with Crippen LogP contribution < -0.4 is 14.4 Å². The number of halogens is 2. The first kappa shape index (κ1) is 23.6. The molecule has 172 valence electrons. The van der Waals surface area contributed by atoms with E-state index in [1.54, 1.807) is 24.3 Å². The molecule has 1 fully saturated rings. The molecule has 1 aromatic heterocycles. The number of nitrogens with zero attached hydrogens (tertiary/aromatic N) is 3. The molecule has 2 aromatic carbocycles. The van der Waals surface area contributed by atoms with Gasteiger partial charge in [-0.1, -0.05) is 41.6 Å². The minimum absolute atomic E-state index is 0.121. The van der Waals surface area contributed by atoms with Crippen LogP contribution in [-0.2, 0) is 4.79 Å². The Kier molecular flexibility index (Phi) is 6.77. The van der Waals surface area contributed by atoms with Gasteiger partial charge in [0.1, 0.15) is 5.82 Å². The summed E-state index contributed by atoms with van der Waals surface area (Å²) in [5.74, 6) is -0.695. The van der Waals surface area contributed by atoms with E-state index < -0.39 is 10.7 Å². The summed E-state index contributed by atoms with van der Waals surface area (Å²) in [7, 11) is 1.41. The summed E-state index contributed by atoms with van der Waals surface area (Å²) in [6.07, 6.45) is 2.99. The van der Waals surface area contributed by atoms with Crippen molar-refractivity contribution in [2.24, 2.45) is 0 Å². The Morgan fingerprint density at radius 2 is 2.03 bits per heavy atom. The number of anilines is 1. The summed E-state index contributed by atoms with van der Waals surface area (Å²) >= 11 is 12.3. The molecule has 0 atom stereocenters. The van der Waals surface area contributed by atoms with Crippen LogP contribution in [0, 0.1) is 15.9 Å². The van der Waals surface area contributed by atoms with Crippen LogP contribution >= 0.6 is 35.6 Å². The maximum atomic E-state index is 13.5. The van der Waals surface area contributed by atoms with Crippen molar-refractivity contribution >= 4 is 63.3 Å². The van der Waals surface area contributed by atoms with Crippen LogP contribution in [0.25, 0.3) is 6.08 Å². The third kappa shape index (κ3) is 4.72. The summed E-state index contributed by atoms with van der Waals surface area (Å²) in [4.78, 5) is 29.1. The van der Waals surface area contributed by atoms with Gasteiger partial charge in [-0.2, -0.15) is 0 Å². The van der Waals surface area contributed by atoms with Crippen LogP contribution in [0.2, 0.25) is 5.02 Å². The first-order chi connectivity index (χ1) is 16.3. The number of hydrogen-bond acceptors (Lipinski definition) is 8.